The van der Waals surface area contributed by atoms with Crippen molar-refractivity contribution in [2.24, 2.45) is 0 Å². The zero-order chi connectivity index (χ0) is 31.1. The average molecular weight is 611 g/mol. The van der Waals surface area contributed by atoms with Gasteiger partial charge < -0.3 is 4.85 Å². The Morgan fingerprint density at radius 1 is 0.875 bits per heavy atom. The van der Waals surface area contributed by atoms with Crippen LogP contribution in [-0.4, -0.2) is 35.0 Å². The number of allylic oxidation sites excluding steroid dienone is 1. The molecule has 0 fully saturated rings. The van der Waals surface area contributed by atoms with Gasteiger partial charge >= 0.3 is 0 Å². The van der Waals surface area contributed by atoms with Gasteiger partial charge in [-0.05, 0) is 58.2 Å². The molecule has 8 heteroatoms. The molecule has 2 aromatic rings. The number of nitrogens with zero attached hydrogens (tertiary/aromatic N) is 2. The van der Waals surface area contributed by atoms with E-state index in [0.29, 0.717) is 16.2 Å². The first-order valence-corrected chi connectivity index (χ1v) is 14.9. The molecule has 1 unspecified atom stereocenters. The van der Waals surface area contributed by atoms with Crippen LogP contribution in [0.25, 0.3) is 4.85 Å². The summed E-state index contributed by atoms with van der Waals surface area (Å²) in [5.74, 6) is 0.118. The molecular formula is C32H38N2O2S4. The minimum absolute atomic E-state index is 0.0532. The van der Waals surface area contributed by atoms with Gasteiger partial charge in [-0.15, -0.1) is 0 Å². The zero-order valence-corrected chi connectivity index (χ0v) is 27.8. The SMILES string of the molecule is C=C(C)C(C)=O.CC(C)(C#N)SC(=S)c1ccccc1.[C-]#[N+]C(C)(C)CC(C)(SC(=S)c1ccccc1)C(C)=O. The molecule has 0 aliphatic heterocycles. The Labute approximate surface area is 259 Å². The molecule has 0 radical (unpaired) electrons. The van der Waals surface area contributed by atoms with Crippen molar-refractivity contribution in [3.8, 4) is 6.07 Å². The fourth-order valence-corrected chi connectivity index (χ4v) is 6.27. The van der Waals surface area contributed by atoms with Crippen molar-refractivity contribution in [3.05, 3.63) is 95.4 Å². The van der Waals surface area contributed by atoms with Gasteiger partial charge in [0.15, 0.2) is 5.78 Å². The molecule has 0 bridgehead atoms. The van der Waals surface area contributed by atoms with Crippen molar-refractivity contribution in [2.45, 2.75) is 76.8 Å². The molecule has 0 aliphatic rings. The van der Waals surface area contributed by atoms with Gasteiger partial charge in [0.2, 0.25) is 5.54 Å². The van der Waals surface area contributed by atoms with Gasteiger partial charge in [0.25, 0.3) is 0 Å². The quantitative estimate of drug-likeness (QED) is 0.168. The van der Waals surface area contributed by atoms with Gasteiger partial charge in [-0.25, -0.2) is 6.57 Å². The molecule has 0 aliphatic carbocycles. The number of rotatable bonds is 8. The first kappa shape index (κ1) is 37.4. The Bertz CT molecular complexity index is 1260. The maximum atomic E-state index is 12.0. The van der Waals surface area contributed by atoms with E-state index in [0.717, 1.165) is 15.3 Å². The van der Waals surface area contributed by atoms with Crippen molar-refractivity contribution in [1.29, 1.82) is 5.26 Å². The highest BCUT2D eigenvalue weighted by Gasteiger charge is 2.41. The van der Waals surface area contributed by atoms with Crippen LogP contribution in [0.5, 0.6) is 0 Å². The van der Waals surface area contributed by atoms with Crippen molar-refractivity contribution >= 4 is 67.9 Å². The largest absolute Gasteiger partial charge is 0.311 e. The molecule has 0 amide bonds. The minimum Gasteiger partial charge on any atom is -0.311 e. The van der Waals surface area contributed by atoms with E-state index in [4.69, 9.17) is 36.3 Å². The van der Waals surface area contributed by atoms with Crippen molar-refractivity contribution in [3.63, 3.8) is 0 Å². The van der Waals surface area contributed by atoms with Crippen LogP contribution in [-0.2, 0) is 9.59 Å². The molecule has 2 rings (SSSR count). The van der Waals surface area contributed by atoms with Gasteiger partial charge in [0.1, 0.15) is 10.5 Å². The molecule has 40 heavy (non-hydrogen) atoms. The summed E-state index contributed by atoms with van der Waals surface area (Å²) in [6, 6.07) is 21.7. The lowest BCUT2D eigenvalue weighted by Crippen LogP contribution is -2.38. The lowest BCUT2D eigenvalue weighted by atomic mass is 9.89. The molecule has 0 aromatic heterocycles. The predicted octanol–water partition coefficient (Wildman–Crippen LogP) is 9.08. The average Bonchev–Trinajstić information content (AvgIpc) is 2.89. The van der Waals surface area contributed by atoms with E-state index < -0.39 is 15.0 Å². The van der Waals surface area contributed by atoms with Crippen LogP contribution in [0.3, 0.4) is 0 Å². The monoisotopic (exact) mass is 610 g/mol. The number of hydrogen-bond acceptors (Lipinski definition) is 7. The third-order valence-corrected chi connectivity index (χ3v) is 8.67. The highest BCUT2D eigenvalue weighted by Crippen LogP contribution is 2.38. The highest BCUT2D eigenvalue weighted by atomic mass is 32.2. The van der Waals surface area contributed by atoms with Gasteiger partial charge in [0.05, 0.1) is 19.2 Å². The summed E-state index contributed by atoms with van der Waals surface area (Å²) in [5.41, 5.74) is 2.01. The first-order valence-electron chi connectivity index (χ1n) is 12.4. The summed E-state index contributed by atoms with van der Waals surface area (Å²) < 4.78 is 0.356. The first-order chi connectivity index (χ1) is 18.4. The van der Waals surface area contributed by atoms with Crippen molar-refractivity contribution in [1.82, 2.24) is 0 Å². The Morgan fingerprint density at radius 2 is 1.25 bits per heavy atom. The second-order valence-corrected chi connectivity index (χ2v) is 14.8. The van der Waals surface area contributed by atoms with Crippen LogP contribution in [0, 0.1) is 17.9 Å². The van der Waals surface area contributed by atoms with E-state index in [1.165, 1.54) is 30.4 Å². The van der Waals surface area contributed by atoms with Crippen LogP contribution in [0.4, 0.5) is 0 Å². The van der Waals surface area contributed by atoms with E-state index in [2.05, 4.69) is 17.5 Å². The van der Waals surface area contributed by atoms with Crippen molar-refractivity contribution in [2.75, 3.05) is 0 Å². The fourth-order valence-electron chi connectivity index (χ4n) is 2.82. The number of thiocarbonyl (C=S) groups is 2. The molecule has 212 valence electrons. The number of ketones is 2. The number of nitriles is 1. The Morgan fingerprint density at radius 3 is 1.55 bits per heavy atom. The topological polar surface area (TPSA) is 62.3 Å². The smallest absolute Gasteiger partial charge is 0.228 e. The third-order valence-electron chi connectivity index (χ3n) is 5.37. The van der Waals surface area contributed by atoms with E-state index >= 15 is 0 Å². The van der Waals surface area contributed by atoms with E-state index in [9.17, 15) is 9.59 Å². The molecule has 4 nitrogen and oxygen atoms in total. The van der Waals surface area contributed by atoms with E-state index in [1.807, 2.05) is 95.3 Å². The number of thioether (sulfide) groups is 2. The normalized spacial score (nSPS) is 11.9. The number of benzene rings is 2. The number of carbonyl (C=O) groups is 2. The lowest BCUT2D eigenvalue weighted by molar-refractivity contribution is -0.119. The van der Waals surface area contributed by atoms with E-state index in [-0.39, 0.29) is 11.6 Å². The molecule has 0 saturated carbocycles. The molecule has 1 atom stereocenters. The summed E-state index contributed by atoms with van der Waals surface area (Å²) >= 11 is 13.5. The maximum Gasteiger partial charge on any atom is 0.228 e. The van der Waals surface area contributed by atoms with Crippen LogP contribution >= 0.6 is 48.0 Å². The van der Waals surface area contributed by atoms with Crippen molar-refractivity contribution < 1.29 is 9.59 Å². The van der Waals surface area contributed by atoms with Gasteiger partial charge in [-0.2, -0.15) is 5.26 Å². The fraction of sp³-hybridized carbons (Fsp3) is 0.375. The molecule has 0 saturated heterocycles. The number of hydrogen-bond donors (Lipinski definition) is 0. The Hall–Kier alpha value is -2.62. The second kappa shape index (κ2) is 17.3. The maximum absolute atomic E-state index is 12.0. The van der Waals surface area contributed by atoms with Gasteiger partial charge in [0, 0.05) is 20.3 Å². The minimum atomic E-state index is -0.666. The second-order valence-electron chi connectivity index (χ2n) is 10.4. The van der Waals surface area contributed by atoms with E-state index in [1.54, 1.807) is 13.8 Å². The van der Waals surface area contributed by atoms with Crippen LogP contribution in [0.15, 0.2) is 72.8 Å². The number of carbonyl (C=O) groups excluding carboxylic acids is 2. The van der Waals surface area contributed by atoms with Crippen LogP contribution in [0.1, 0.15) is 72.9 Å². The zero-order valence-electron chi connectivity index (χ0n) is 24.5. The summed E-state index contributed by atoms with van der Waals surface area (Å²) in [7, 11) is 0. The van der Waals surface area contributed by atoms with Gasteiger partial charge in [-0.3, -0.25) is 9.59 Å². The summed E-state index contributed by atoms with van der Waals surface area (Å²) in [4.78, 5) is 25.7. The standard InChI is InChI=1S/C16H19NOS2.C11H11NS2.C5H8O/c1-12(18)16(4,11-15(2,3)17-5)20-14(19)13-9-7-6-8-10-13;1-11(2,8-12)14-10(13)9-6-4-3-5-7-9;1-4(2)5(3)6/h6-10H,11H2,1-4H3;3-7H,1-2H3;1H2,2-3H3. The molecule has 0 heterocycles. The van der Waals surface area contributed by atoms with Crippen LogP contribution in [0.2, 0.25) is 0 Å². The number of Topliss-reactive ketones (excluding diaryl/α,β-unsaturated/α-hetero) is 2. The Kier molecular flexibility index (Phi) is 16.1. The van der Waals surface area contributed by atoms with Gasteiger partial charge in [-0.1, -0.05) is 115 Å². The molecular weight excluding hydrogens is 573 g/mol. The predicted molar refractivity (Wildman–Crippen MR) is 181 cm³/mol. The lowest BCUT2D eigenvalue weighted by Gasteiger charge is -2.29. The highest BCUT2D eigenvalue weighted by molar-refractivity contribution is 8.25. The molecule has 0 N–H and O–H groups in total. The Balaban J connectivity index is 0.000000657. The summed E-state index contributed by atoms with van der Waals surface area (Å²) in [6.07, 6.45) is 0.483. The van der Waals surface area contributed by atoms with Crippen LogP contribution < -0.4 is 0 Å². The molecule has 2 aromatic carbocycles. The summed E-state index contributed by atoms with van der Waals surface area (Å²) in [5, 5.41) is 8.86. The summed E-state index contributed by atoms with van der Waals surface area (Å²) in [6.45, 7) is 24.7. The third kappa shape index (κ3) is 14.7. The molecule has 0 spiro atoms.